The molecule has 0 amide bonds. The Morgan fingerprint density at radius 1 is 1.06 bits per heavy atom. The van der Waals surface area contributed by atoms with E-state index in [1.165, 1.54) is 0 Å². The highest BCUT2D eigenvalue weighted by atomic mass is 16.5. The van der Waals surface area contributed by atoms with Crippen molar-refractivity contribution in [2.24, 2.45) is 11.8 Å². The lowest BCUT2D eigenvalue weighted by Gasteiger charge is -2.17. The van der Waals surface area contributed by atoms with Crippen LogP contribution in [0.15, 0.2) is 0 Å². The van der Waals surface area contributed by atoms with Gasteiger partial charge in [0.15, 0.2) is 0 Å². The summed E-state index contributed by atoms with van der Waals surface area (Å²) in [7, 11) is 1.77. The van der Waals surface area contributed by atoms with Crippen LogP contribution in [0.4, 0.5) is 0 Å². The van der Waals surface area contributed by atoms with E-state index in [1.54, 1.807) is 7.11 Å². The minimum absolute atomic E-state index is 0.338. The molecule has 0 N–H and O–H groups in total. The first-order chi connectivity index (χ1) is 8.01. The van der Waals surface area contributed by atoms with E-state index in [-0.39, 0.29) is 0 Å². The third kappa shape index (κ3) is 10.8. The molecule has 3 unspecified atom stereocenters. The Kier molecular flexibility index (Phi) is 14.0. The fourth-order valence-electron chi connectivity index (χ4n) is 1.83. The Bertz CT molecular complexity index is 143. The molecule has 0 aromatic rings. The second-order valence-electron chi connectivity index (χ2n) is 5.08. The molecule has 0 bridgehead atoms. The summed E-state index contributed by atoms with van der Waals surface area (Å²) < 4.78 is 10.9. The molecule has 2 heteroatoms. The van der Waals surface area contributed by atoms with Crippen LogP contribution in [0.25, 0.3) is 0 Å². The van der Waals surface area contributed by atoms with Crippen LogP contribution in [0.3, 0.4) is 0 Å². The first-order valence-electron chi connectivity index (χ1n) is 7.15. The Labute approximate surface area is 109 Å². The number of hydrogen-bond donors (Lipinski definition) is 0. The topological polar surface area (TPSA) is 18.5 Å². The smallest absolute Gasteiger partial charge is 0.0839 e. The summed E-state index contributed by atoms with van der Waals surface area (Å²) in [6.45, 7) is 15.6. The normalized spacial score (nSPS) is 27.0. The molecule has 0 spiro atoms. The van der Waals surface area contributed by atoms with Gasteiger partial charge in [-0.05, 0) is 31.6 Å². The zero-order valence-electron chi connectivity index (χ0n) is 13.2. The van der Waals surface area contributed by atoms with E-state index in [2.05, 4.69) is 27.7 Å². The summed E-state index contributed by atoms with van der Waals surface area (Å²) >= 11 is 0. The SMILES string of the molecule is CC.CC(C)C.CCOC1CC(C)CC1OC. The Hall–Kier alpha value is -0.0800. The monoisotopic (exact) mass is 246 g/mol. The van der Waals surface area contributed by atoms with Crippen molar-refractivity contribution in [2.45, 2.75) is 73.5 Å². The lowest BCUT2D eigenvalue weighted by Crippen LogP contribution is -2.24. The first-order valence-corrected chi connectivity index (χ1v) is 7.15. The van der Waals surface area contributed by atoms with Gasteiger partial charge in [0.05, 0.1) is 12.2 Å². The molecule has 0 aliphatic heterocycles. The van der Waals surface area contributed by atoms with E-state index in [4.69, 9.17) is 9.47 Å². The maximum atomic E-state index is 5.55. The largest absolute Gasteiger partial charge is 0.379 e. The number of methoxy groups -OCH3 is 1. The highest BCUT2D eigenvalue weighted by molar-refractivity contribution is 4.82. The first kappa shape index (κ1) is 19.3. The van der Waals surface area contributed by atoms with Gasteiger partial charge in [-0.3, -0.25) is 0 Å². The van der Waals surface area contributed by atoms with Crippen molar-refractivity contribution in [3.63, 3.8) is 0 Å². The molecule has 0 saturated heterocycles. The lowest BCUT2D eigenvalue weighted by atomic mass is 10.1. The van der Waals surface area contributed by atoms with Gasteiger partial charge in [-0.15, -0.1) is 0 Å². The van der Waals surface area contributed by atoms with Crippen LogP contribution in [0.2, 0.25) is 0 Å². The second-order valence-corrected chi connectivity index (χ2v) is 5.08. The van der Waals surface area contributed by atoms with Crippen LogP contribution in [0.1, 0.15) is 61.3 Å². The van der Waals surface area contributed by atoms with Gasteiger partial charge in [-0.25, -0.2) is 0 Å². The van der Waals surface area contributed by atoms with Crippen molar-refractivity contribution >= 4 is 0 Å². The summed E-state index contributed by atoms with van der Waals surface area (Å²) in [6.07, 6.45) is 3.00. The molecule has 0 aromatic carbocycles. The molecule has 3 atom stereocenters. The fourth-order valence-corrected chi connectivity index (χ4v) is 1.83. The summed E-state index contributed by atoms with van der Waals surface area (Å²) in [5, 5.41) is 0. The maximum absolute atomic E-state index is 5.55. The molecule has 1 rings (SSSR count). The molecule has 1 aliphatic rings. The highest BCUT2D eigenvalue weighted by Crippen LogP contribution is 2.29. The fraction of sp³-hybridized carbons (Fsp3) is 1.00. The van der Waals surface area contributed by atoms with Crippen molar-refractivity contribution < 1.29 is 9.47 Å². The number of rotatable bonds is 3. The van der Waals surface area contributed by atoms with Gasteiger partial charge in [-0.1, -0.05) is 41.5 Å². The molecular formula is C15H34O2. The zero-order valence-corrected chi connectivity index (χ0v) is 13.2. The van der Waals surface area contributed by atoms with Crippen molar-refractivity contribution in [1.29, 1.82) is 0 Å². The zero-order chi connectivity index (χ0) is 13.8. The van der Waals surface area contributed by atoms with Crippen LogP contribution in [-0.4, -0.2) is 25.9 Å². The summed E-state index contributed by atoms with van der Waals surface area (Å²) in [4.78, 5) is 0. The Balaban J connectivity index is 0. The van der Waals surface area contributed by atoms with Gasteiger partial charge in [0.25, 0.3) is 0 Å². The van der Waals surface area contributed by atoms with Crippen molar-refractivity contribution in [2.75, 3.05) is 13.7 Å². The average Bonchev–Trinajstić information content (AvgIpc) is 2.61. The quantitative estimate of drug-likeness (QED) is 0.728. The van der Waals surface area contributed by atoms with Crippen LogP contribution in [0, 0.1) is 11.8 Å². The second kappa shape index (κ2) is 12.4. The van der Waals surface area contributed by atoms with Gasteiger partial charge in [0.2, 0.25) is 0 Å². The predicted molar refractivity (Wildman–Crippen MR) is 76.5 cm³/mol. The van der Waals surface area contributed by atoms with Crippen LogP contribution in [0.5, 0.6) is 0 Å². The number of ether oxygens (including phenoxy) is 2. The lowest BCUT2D eigenvalue weighted by molar-refractivity contribution is -0.0337. The summed E-state index contributed by atoms with van der Waals surface area (Å²) in [5.41, 5.74) is 0. The van der Waals surface area contributed by atoms with Gasteiger partial charge >= 0.3 is 0 Å². The molecule has 1 aliphatic carbocycles. The number of hydrogen-bond acceptors (Lipinski definition) is 2. The molecule has 0 radical (unpaired) electrons. The van der Waals surface area contributed by atoms with Gasteiger partial charge in [0.1, 0.15) is 0 Å². The van der Waals surface area contributed by atoms with E-state index in [0.29, 0.717) is 12.2 Å². The molecule has 0 aromatic heterocycles. The van der Waals surface area contributed by atoms with E-state index >= 15 is 0 Å². The minimum atomic E-state index is 0.338. The minimum Gasteiger partial charge on any atom is -0.379 e. The average molecular weight is 246 g/mol. The van der Waals surface area contributed by atoms with Crippen molar-refractivity contribution in [3.8, 4) is 0 Å². The van der Waals surface area contributed by atoms with E-state index in [1.807, 2.05) is 20.8 Å². The standard InChI is InChI=1S/C9H18O2.C4H10.C2H6/c1-4-11-9-6-7(2)5-8(9)10-3;1-4(2)3;1-2/h7-9H,4-6H2,1-3H3;4H,1-3H3;1-2H3. The molecule has 106 valence electrons. The third-order valence-electron chi connectivity index (χ3n) is 2.37. The van der Waals surface area contributed by atoms with Gasteiger partial charge < -0.3 is 9.47 Å². The van der Waals surface area contributed by atoms with Crippen LogP contribution in [-0.2, 0) is 9.47 Å². The van der Waals surface area contributed by atoms with Gasteiger partial charge in [-0.2, -0.15) is 0 Å². The summed E-state index contributed by atoms with van der Waals surface area (Å²) in [5.74, 6) is 1.59. The molecule has 0 heterocycles. The Morgan fingerprint density at radius 2 is 1.47 bits per heavy atom. The third-order valence-corrected chi connectivity index (χ3v) is 2.37. The van der Waals surface area contributed by atoms with Crippen LogP contribution >= 0.6 is 0 Å². The van der Waals surface area contributed by atoms with Crippen LogP contribution < -0.4 is 0 Å². The van der Waals surface area contributed by atoms with E-state index in [9.17, 15) is 0 Å². The van der Waals surface area contributed by atoms with E-state index < -0.39 is 0 Å². The molecule has 2 nitrogen and oxygen atoms in total. The Morgan fingerprint density at radius 3 is 1.82 bits per heavy atom. The molecular weight excluding hydrogens is 212 g/mol. The molecule has 17 heavy (non-hydrogen) atoms. The maximum Gasteiger partial charge on any atom is 0.0839 e. The molecule has 1 saturated carbocycles. The predicted octanol–water partition coefficient (Wildman–Crippen LogP) is 4.52. The van der Waals surface area contributed by atoms with E-state index in [0.717, 1.165) is 31.3 Å². The highest BCUT2D eigenvalue weighted by Gasteiger charge is 2.32. The molecule has 1 fully saturated rings. The van der Waals surface area contributed by atoms with Gasteiger partial charge in [0, 0.05) is 13.7 Å². The van der Waals surface area contributed by atoms with Crippen molar-refractivity contribution in [1.82, 2.24) is 0 Å². The van der Waals surface area contributed by atoms with Crippen molar-refractivity contribution in [3.05, 3.63) is 0 Å². The summed E-state index contributed by atoms with van der Waals surface area (Å²) in [6, 6.07) is 0.